The minimum Gasteiger partial charge on any atom is -0.376 e. The number of rotatable bonds is 6. The zero-order valence-electron chi connectivity index (χ0n) is 14.9. The highest BCUT2D eigenvalue weighted by molar-refractivity contribution is 5.96. The zero-order valence-corrected chi connectivity index (χ0v) is 14.9. The highest BCUT2D eigenvalue weighted by Crippen LogP contribution is 2.22. The molecule has 1 heterocycles. The molecule has 0 aromatic heterocycles. The fraction of sp³-hybridized carbons (Fsp3) is 0.250. The lowest BCUT2D eigenvalue weighted by molar-refractivity contribution is -0.118. The molecule has 27 heavy (non-hydrogen) atoms. The predicted octanol–water partition coefficient (Wildman–Crippen LogP) is 2.25. The van der Waals surface area contributed by atoms with Gasteiger partial charge >= 0.3 is 6.03 Å². The van der Waals surface area contributed by atoms with Crippen LogP contribution >= 0.6 is 0 Å². The molecule has 7 heteroatoms. The molecule has 2 aromatic rings. The van der Waals surface area contributed by atoms with E-state index in [0.717, 1.165) is 29.9 Å². The molecule has 0 unspecified atom stereocenters. The lowest BCUT2D eigenvalue weighted by Crippen LogP contribution is -2.41. The van der Waals surface area contributed by atoms with Crippen molar-refractivity contribution in [3.8, 4) is 0 Å². The van der Waals surface area contributed by atoms with Crippen LogP contribution in [0.1, 0.15) is 18.4 Å². The number of benzene rings is 2. The van der Waals surface area contributed by atoms with Gasteiger partial charge in [0.1, 0.15) is 0 Å². The minimum absolute atomic E-state index is 0.0270. The summed E-state index contributed by atoms with van der Waals surface area (Å²) in [5.74, 6) is -0.295. The maximum absolute atomic E-state index is 11.9. The van der Waals surface area contributed by atoms with Crippen molar-refractivity contribution in [1.82, 2.24) is 10.6 Å². The van der Waals surface area contributed by atoms with Gasteiger partial charge in [-0.2, -0.15) is 0 Å². The van der Waals surface area contributed by atoms with E-state index in [4.69, 9.17) is 0 Å². The molecule has 1 saturated heterocycles. The van der Waals surface area contributed by atoms with E-state index in [9.17, 15) is 14.4 Å². The molecule has 0 saturated carbocycles. The monoisotopic (exact) mass is 366 g/mol. The van der Waals surface area contributed by atoms with Crippen LogP contribution in [-0.2, 0) is 16.1 Å². The Labute approximate surface area is 157 Å². The minimum atomic E-state index is -0.534. The Hall–Kier alpha value is -3.35. The maximum atomic E-state index is 11.9. The van der Waals surface area contributed by atoms with Crippen molar-refractivity contribution in [3.63, 3.8) is 0 Å². The van der Waals surface area contributed by atoms with E-state index >= 15 is 0 Å². The third kappa shape index (κ3) is 5.31. The molecule has 1 fully saturated rings. The number of amides is 4. The van der Waals surface area contributed by atoms with Crippen molar-refractivity contribution in [1.29, 1.82) is 0 Å². The average molecular weight is 366 g/mol. The van der Waals surface area contributed by atoms with Gasteiger partial charge in [-0.25, -0.2) is 4.79 Å². The van der Waals surface area contributed by atoms with Crippen LogP contribution in [0.3, 0.4) is 0 Å². The Bertz CT molecular complexity index is 806. The Morgan fingerprint density at radius 3 is 2.41 bits per heavy atom. The Kier molecular flexibility index (Phi) is 6.04. The van der Waals surface area contributed by atoms with Crippen molar-refractivity contribution in [2.45, 2.75) is 19.4 Å². The highest BCUT2D eigenvalue weighted by atomic mass is 16.2. The maximum Gasteiger partial charge on any atom is 0.321 e. The van der Waals surface area contributed by atoms with E-state index in [1.165, 1.54) is 0 Å². The second-order valence-electron chi connectivity index (χ2n) is 6.27. The number of hydrogen-bond acceptors (Lipinski definition) is 4. The Morgan fingerprint density at radius 2 is 1.74 bits per heavy atom. The molecule has 4 amide bonds. The number of imide groups is 1. The van der Waals surface area contributed by atoms with Crippen molar-refractivity contribution in [2.24, 2.45) is 0 Å². The van der Waals surface area contributed by atoms with E-state index in [2.05, 4.69) is 16.0 Å². The molecule has 3 rings (SSSR count). The first kappa shape index (κ1) is 18.4. The first-order valence-electron chi connectivity index (χ1n) is 8.88. The first-order valence-corrected chi connectivity index (χ1v) is 8.88. The number of nitrogens with zero attached hydrogens (tertiary/aromatic N) is 1. The summed E-state index contributed by atoms with van der Waals surface area (Å²) in [6, 6.07) is 16.2. The van der Waals surface area contributed by atoms with Crippen LogP contribution in [0.25, 0.3) is 0 Å². The second kappa shape index (κ2) is 8.84. The van der Waals surface area contributed by atoms with Gasteiger partial charge in [0.2, 0.25) is 11.8 Å². The van der Waals surface area contributed by atoms with Crippen LogP contribution in [0.5, 0.6) is 0 Å². The normalized spacial score (nSPS) is 13.3. The van der Waals surface area contributed by atoms with E-state index in [0.29, 0.717) is 13.0 Å². The lowest BCUT2D eigenvalue weighted by atomic mass is 10.2. The van der Waals surface area contributed by atoms with Crippen LogP contribution < -0.4 is 20.9 Å². The van der Waals surface area contributed by atoms with Gasteiger partial charge in [0.15, 0.2) is 0 Å². The molecule has 1 aliphatic rings. The number of carbonyl (C=O) groups excluding carboxylic acids is 3. The fourth-order valence-electron chi connectivity index (χ4n) is 2.86. The van der Waals surface area contributed by atoms with Crippen molar-refractivity contribution < 1.29 is 14.4 Å². The fourth-order valence-corrected chi connectivity index (χ4v) is 2.86. The largest absolute Gasteiger partial charge is 0.376 e. The third-order valence-electron chi connectivity index (χ3n) is 4.25. The summed E-state index contributed by atoms with van der Waals surface area (Å²) in [6.45, 7) is 1.07. The quantitative estimate of drug-likeness (QED) is 0.731. The van der Waals surface area contributed by atoms with Gasteiger partial charge in [0.25, 0.3) is 0 Å². The summed E-state index contributed by atoms with van der Waals surface area (Å²) in [6.07, 6.45) is 1.47. The molecule has 0 radical (unpaired) electrons. The smallest absolute Gasteiger partial charge is 0.321 e. The predicted molar refractivity (Wildman–Crippen MR) is 103 cm³/mol. The summed E-state index contributed by atoms with van der Waals surface area (Å²) in [5, 5.41) is 7.87. The standard InChI is InChI=1S/C20H22N4O3/c25-18(23-20(27)22-13-15-5-2-1-3-6-15)14-21-16-8-10-17(11-9-16)24-12-4-7-19(24)26/h1-3,5-6,8-11,21H,4,7,12-14H2,(H2,22,23,25,27). The Balaban J connectivity index is 1.40. The van der Waals surface area contributed by atoms with Crippen molar-refractivity contribution >= 4 is 29.2 Å². The number of urea groups is 1. The summed E-state index contributed by atoms with van der Waals surface area (Å²) in [4.78, 5) is 37.1. The molecular formula is C20H22N4O3. The van der Waals surface area contributed by atoms with Crippen LogP contribution in [0.4, 0.5) is 16.2 Å². The number of hydrogen-bond donors (Lipinski definition) is 3. The van der Waals surface area contributed by atoms with Gasteiger partial charge in [-0.05, 0) is 36.2 Å². The molecule has 0 spiro atoms. The van der Waals surface area contributed by atoms with Gasteiger partial charge in [-0.15, -0.1) is 0 Å². The van der Waals surface area contributed by atoms with E-state index in [1.807, 2.05) is 54.6 Å². The molecule has 2 aromatic carbocycles. The molecule has 0 bridgehead atoms. The molecule has 7 nitrogen and oxygen atoms in total. The third-order valence-corrected chi connectivity index (χ3v) is 4.25. The SMILES string of the molecule is O=C(CNc1ccc(N2CCCC2=O)cc1)NC(=O)NCc1ccccc1. The van der Waals surface area contributed by atoms with Gasteiger partial charge in [-0.1, -0.05) is 30.3 Å². The molecule has 0 atom stereocenters. The number of nitrogens with one attached hydrogen (secondary N) is 3. The number of anilines is 2. The lowest BCUT2D eigenvalue weighted by Gasteiger charge is -2.16. The van der Waals surface area contributed by atoms with Gasteiger partial charge in [0.05, 0.1) is 6.54 Å². The summed E-state index contributed by atoms with van der Waals surface area (Å²) < 4.78 is 0. The molecule has 140 valence electrons. The van der Waals surface area contributed by atoms with E-state index < -0.39 is 11.9 Å². The van der Waals surface area contributed by atoms with Crippen molar-refractivity contribution in [3.05, 3.63) is 60.2 Å². The van der Waals surface area contributed by atoms with Crippen LogP contribution in [-0.4, -0.2) is 30.9 Å². The summed E-state index contributed by atoms with van der Waals surface area (Å²) >= 11 is 0. The Morgan fingerprint density at radius 1 is 1.00 bits per heavy atom. The second-order valence-corrected chi connectivity index (χ2v) is 6.27. The molecule has 1 aliphatic heterocycles. The summed E-state index contributed by atoms with van der Waals surface area (Å²) in [7, 11) is 0. The van der Waals surface area contributed by atoms with Gasteiger partial charge in [0, 0.05) is 30.9 Å². The first-order chi connectivity index (χ1) is 13.1. The molecule has 3 N–H and O–H groups in total. The van der Waals surface area contributed by atoms with Crippen LogP contribution in [0, 0.1) is 0 Å². The average Bonchev–Trinajstić information content (AvgIpc) is 3.12. The number of carbonyl (C=O) groups is 3. The van der Waals surface area contributed by atoms with Gasteiger partial charge < -0.3 is 15.5 Å². The van der Waals surface area contributed by atoms with Crippen LogP contribution in [0.15, 0.2) is 54.6 Å². The summed E-state index contributed by atoms with van der Waals surface area (Å²) in [5.41, 5.74) is 2.55. The van der Waals surface area contributed by atoms with E-state index in [-0.39, 0.29) is 12.5 Å². The zero-order chi connectivity index (χ0) is 19.1. The molecular weight excluding hydrogens is 344 g/mol. The van der Waals surface area contributed by atoms with Crippen molar-refractivity contribution in [2.75, 3.05) is 23.3 Å². The van der Waals surface area contributed by atoms with Gasteiger partial charge in [-0.3, -0.25) is 14.9 Å². The topological polar surface area (TPSA) is 90.5 Å². The van der Waals surface area contributed by atoms with E-state index in [1.54, 1.807) is 4.90 Å². The van der Waals surface area contributed by atoms with Crippen LogP contribution in [0.2, 0.25) is 0 Å². The molecule has 0 aliphatic carbocycles. The highest BCUT2D eigenvalue weighted by Gasteiger charge is 2.21.